The van der Waals surface area contributed by atoms with Crippen molar-refractivity contribution in [3.8, 4) is 0 Å². The van der Waals surface area contributed by atoms with Crippen molar-refractivity contribution in [3.63, 3.8) is 0 Å². The van der Waals surface area contributed by atoms with Gasteiger partial charge in [-0.25, -0.2) is 4.79 Å². The Morgan fingerprint density at radius 3 is 2.42 bits per heavy atom. The second-order valence-electron chi connectivity index (χ2n) is 2.75. The van der Waals surface area contributed by atoms with E-state index in [2.05, 4.69) is 0 Å². The van der Waals surface area contributed by atoms with Crippen LogP contribution in [0.15, 0.2) is 0 Å². The molecular formula is C7H13F2NO2. The second kappa shape index (κ2) is 4.35. The first kappa shape index (κ1) is 11.3. The maximum atomic E-state index is 12.5. The van der Waals surface area contributed by atoms with Crippen LogP contribution >= 0.6 is 0 Å². The summed E-state index contributed by atoms with van der Waals surface area (Å²) in [5.74, 6) is -5.70. The van der Waals surface area contributed by atoms with Gasteiger partial charge in [0.15, 0.2) is 0 Å². The zero-order valence-corrected chi connectivity index (χ0v) is 7.18. The van der Waals surface area contributed by atoms with Gasteiger partial charge in [-0.05, 0) is 20.0 Å². The molecule has 0 radical (unpaired) electrons. The number of carbonyl (C=O) groups is 1. The lowest BCUT2D eigenvalue weighted by Crippen LogP contribution is -2.40. The van der Waals surface area contributed by atoms with Crippen molar-refractivity contribution >= 4 is 5.97 Å². The average molecular weight is 181 g/mol. The fourth-order valence-corrected chi connectivity index (χ4v) is 0.867. The van der Waals surface area contributed by atoms with Gasteiger partial charge in [0, 0.05) is 0 Å². The van der Waals surface area contributed by atoms with Crippen molar-refractivity contribution in [2.24, 2.45) is 0 Å². The number of carboxylic acids is 1. The molecule has 72 valence electrons. The fourth-order valence-electron chi connectivity index (χ4n) is 0.867. The molecule has 0 saturated heterocycles. The van der Waals surface area contributed by atoms with Crippen LogP contribution < -0.4 is 0 Å². The monoisotopic (exact) mass is 181 g/mol. The molecule has 0 aliphatic heterocycles. The van der Waals surface area contributed by atoms with E-state index in [1.165, 1.54) is 11.9 Å². The molecule has 0 saturated carbocycles. The number of nitrogens with zero attached hydrogens (tertiary/aromatic N) is 1. The number of aliphatic carboxylic acids is 1. The topological polar surface area (TPSA) is 40.5 Å². The van der Waals surface area contributed by atoms with Gasteiger partial charge in [-0.1, -0.05) is 6.92 Å². The van der Waals surface area contributed by atoms with Crippen LogP contribution in [0.1, 0.15) is 13.3 Å². The van der Waals surface area contributed by atoms with Crippen LogP contribution in [0.3, 0.4) is 0 Å². The maximum Gasteiger partial charge on any atom is 0.375 e. The van der Waals surface area contributed by atoms with E-state index in [1.807, 2.05) is 6.92 Å². The summed E-state index contributed by atoms with van der Waals surface area (Å²) >= 11 is 0. The quantitative estimate of drug-likeness (QED) is 0.689. The molecule has 3 nitrogen and oxygen atoms in total. The second-order valence-corrected chi connectivity index (χ2v) is 2.75. The maximum absolute atomic E-state index is 12.5. The number of halogens is 2. The van der Waals surface area contributed by atoms with Crippen LogP contribution in [0.25, 0.3) is 0 Å². The molecule has 0 fully saturated rings. The Morgan fingerprint density at radius 1 is 1.58 bits per heavy atom. The third kappa shape index (κ3) is 3.61. The van der Waals surface area contributed by atoms with E-state index in [-0.39, 0.29) is 0 Å². The molecular weight excluding hydrogens is 168 g/mol. The predicted octanol–water partition coefficient (Wildman–Crippen LogP) is 1.05. The van der Waals surface area contributed by atoms with Crippen LogP contribution in [0, 0.1) is 0 Å². The SMILES string of the molecule is CCCN(C)CC(F)(F)C(=O)O. The highest BCUT2D eigenvalue weighted by atomic mass is 19.3. The summed E-state index contributed by atoms with van der Waals surface area (Å²) in [4.78, 5) is 11.3. The van der Waals surface area contributed by atoms with E-state index in [9.17, 15) is 13.6 Å². The van der Waals surface area contributed by atoms with Crippen LogP contribution in [0.2, 0.25) is 0 Å². The highest BCUT2D eigenvalue weighted by Crippen LogP contribution is 2.14. The highest BCUT2D eigenvalue weighted by molar-refractivity contribution is 5.75. The van der Waals surface area contributed by atoms with E-state index in [1.54, 1.807) is 0 Å². The Labute approximate surface area is 70.0 Å². The van der Waals surface area contributed by atoms with Crippen molar-refractivity contribution in [1.82, 2.24) is 4.90 Å². The molecule has 0 atom stereocenters. The first-order chi connectivity index (χ1) is 5.40. The molecule has 0 amide bonds. The molecule has 1 N–H and O–H groups in total. The van der Waals surface area contributed by atoms with Gasteiger partial charge >= 0.3 is 11.9 Å². The van der Waals surface area contributed by atoms with Crippen LogP contribution in [0.4, 0.5) is 8.78 Å². The van der Waals surface area contributed by atoms with E-state index in [0.29, 0.717) is 6.54 Å². The van der Waals surface area contributed by atoms with Crippen LogP contribution in [0.5, 0.6) is 0 Å². The molecule has 0 rings (SSSR count). The number of hydrogen-bond acceptors (Lipinski definition) is 2. The third-order valence-corrected chi connectivity index (χ3v) is 1.39. The highest BCUT2D eigenvalue weighted by Gasteiger charge is 2.39. The van der Waals surface area contributed by atoms with E-state index in [4.69, 9.17) is 5.11 Å². The van der Waals surface area contributed by atoms with E-state index in [0.717, 1.165) is 6.42 Å². The molecule has 0 aliphatic carbocycles. The van der Waals surface area contributed by atoms with Crippen molar-refractivity contribution in [2.75, 3.05) is 20.1 Å². The minimum Gasteiger partial charge on any atom is -0.477 e. The van der Waals surface area contributed by atoms with Gasteiger partial charge in [-0.3, -0.25) is 0 Å². The number of hydrogen-bond donors (Lipinski definition) is 1. The zero-order valence-electron chi connectivity index (χ0n) is 7.18. The van der Waals surface area contributed by atoms with Gasteiger partial charge in [-0.2, -0.15) is 8.78 Å². The van der Waals surface area contributed by atoms with Gasteiger partial charge in [0.05, 0.1) is 6.54 Å². The lowest BCUT2D eigenvalue weighted by molar-refractivity contribution is -0.166. The van der Waals surface area contributed by atoms with Crippen LogP contribution in [-0.2, 0) is 4.79 Å². The molecule has 0 spiro atoms. The van der Waals surface area contributed by atoms with Gasteiger partial charge in [-0.15, -0.1) is 0 Å². The Hall–Kier alpha value is -0.710. The molecule has 0 heterocycles. The van der Waals surface area contributed by atoms with Crippen molar-refractivity contribution in [2.45, 2.75) is 19.3 Å². The fraction of sp³-hybridized carbons (Fsp3) is 0.857. The summed E-state index contributed by atoms with van der Waals surface area (Å²) in [6.07, 6.45) is 0.728. The van der Waals surface area contributed by atoms with Gasteiger partial charge in [0.1, 0.15) is 0 Å². The van der Waals surface area contributed by atoms with Crippen molar-refractivity contribution in [1.29, 1.82) is 0 Å². The predicted molar refractivity (Wildman–Crippen MR) is 40.4 cm³/mol. The lowest BCUT2D eigenvalue weighted by Gasteiger charge is -2.19. The number of rotatable bonds is 5. The standard InChI is InChI=1S/C7H13F2NO2/c1-3-4-10(2)5-7(8,9)6(11)12/h3-5H2,1-2H3,(H,11,12). The Kier molecular flexibility index (Phi) is 4.09. The minimum atomic E-state index is -3.64. The zero-order chi connectivity index (χ0) is 9.78. The first-order valence-electron chi connectivity index (χ1n) is 3.70. The van der Waals surface area contributed by atoms with Gasteiger partial charge < -0.3 is 10.0 Å². The summed E-state index contributed by atoms with van der Waals surface area (Å²) in [6.45, 7) is 1.59. The summed E-state index contributed by atoms with van der Waals surface area (Å²) in [5.41, 5.74) is 0. The number of alkyl halides is 2. The smallest absolute Gasteiger partial charge is 0.375 e. The van der Waals surface area contributed by atoms with Gasteiger partial charge in [0.25, 0.3) is 0 Å². The number of carboxylic acid groups (broad SMARTS) is 1. The molecule has 0 aromatic heterocycles. The minimum absolute atomic E-state index is 0.475. The molecule has 12 heavy (non-hydrogen) atoms. The van der Waals surface area contributed by atoms with Crippen molar-refractivity contribution < 1.29 is 18.7 Å². The van der Waals surface area contributed by atoms with Crippen LogP contribution in [-0.4, -0.2) is 42.0 Å². The van der Waals surface area contributed by atoms with E-state index < -0.39 is 18.4 Å². The summed E-state index contributed by atoms with van der Waals surface area (Å²) in [7, 11) is 1.47. The largest absolute Gasteiger partial charge is 0.477 e. The molecule has 0 unspecified atom stereocenters. The van der Waals surface area contributed by atoms with E-state index >= 15 is 0 Å². The van der Waals surface area contributed by atoms with Gasteiger partial charge in [0.2, 0.25) is 0 Å². The molecule has 0 aliphatic rings. The summed E-state index contributed by atoms with van der Waals surface area (Å²) < 4.78 is 25.0. The lowest BCUT2D eigenvalue weighted by atomic mass is 10.3. The molecule has 5 heteroatoms. The average Bonchev–Trinajstić information content (AvgIpc) is 1.85. The first-order valence-corrected chi connectivity index (χ1v) is 3.70. The summed E-state index contributed by atoms with van der Waals surface area (Å²) in [6, 6.07) is 0. The Bertz CT molecular complexity index is 161. The van der Waals surface area contributed by atoms with Crippen molar-refractivity contribution in [3.05, 3.63) is 0 Å². The molecule has 0 aromatic carbocycles. The summed E-state index contributed by atoms with van der Waals surface area (Å²) in [5, 5.41) is 8.08. The normalized spacial score (nSPS) is 12.1. The Morgan fingerprint density at radius 2 is 2.08 bits per heavy atom. The molecule has 0 bridgehead atoms. The Balaban J connectivity index is 3.96. The molecule has 0 aromatic rings. The third-order valence-electron chi connectivity index (χ3n) is 1.39.